The van der Waals surface area contributed by atoms with Crippen molar-refractivity contribution in [1.29, 1.82) is 0 Å². The van der Waals surface area contributed by atoms with Gasteiger partial charge in [-0.15, -0.1) is 0 Å². The Balaban J connectivity index is 3.04. The number of pyridine rings is 1. The third kappa shape index (κ3) is 1.93. The summed E-state index contributed by atoms with van der Waals surface area (Å²) in [4.78, 5) is 14.1. The lowest BCUT2D eigenvalue weighted by molar-refractivity contribution is -0.383. The van der Waals surface area contributed by atoms with Crippen LogP contribution in [-0.2, 0) is 0 Å². The highest BCUT2D eigenvalue weighted by molar-refractivity contribution is 9.10. The molecule has 18 heavy (non-hydrogen) atoms. The van der Waals surface area contributed by atoms with Crippen LogP contribution in [0.3, 0.4) is 0 Å². The van der Waals surface area contributed by atoms with E-state index in [1.807, 2.05) is 0 Å². The number of nitrogens with zero attached hydrogens (tertiary/aromatic N) is 2. The maximum absolute atomic E-state index is 13.8. The molecule has 0 saturated heterocycles. The second-order valence-electron chi connectivity index (χ2n) is 3.39. The van der Waals surface area contributed by atoms with E-state index in [0.717, 1.165) is 12.1 Å². The van der Waals surface area contributed by atoms with Crippen LogP contribution in [0, 0.1) is 15.9 Å². The highest BCUT2D eigenvalue weighted by atomic mass is 79.9. The number of fused-ring (bicyclic) bond motifs is 1. The fourth-order valence-electron chi connectivity index (χ4n) is 1.63. The van der Waals surface area contributed by atoms with Crippen molar-refractivity contribution in [3.8, 4) is 0 Å². The molecule has 0 fully saturated rings. The number of thiocarbonyl (C=S) groups is 1. The van der Waals surface area contributed by atoms with Gasteiger partial charge in [-0.1, -0.05) is 12.2 Å². The molecule has 0 atom stereocenters. The molecule has 0 amide bonds. The molecule has 0 unspecified atom stereocenters. The third-order valence-electron chi connectivity index (χ3n) is 2.35. The number of non-ortho nitro benzene ring substituents is 1. The van der Waals surface area contributed by atoms with Crippen LogP contribution >= 0.6 is 28.1 Å². The number of nitrogens with two attached hydrogens (primary N) is 1. The van der Waals surface area contributed by atoms with Gasteiger partial charge >= 0.3 is 0 Å². The van der Waals surface area contributed by atoms with E-state index in [-0.39, 0.29) is 27.1 Å². The maximum Gasteiger partial charge on any atom is 0.278 e. The largest absolute Gasteiger partial charge is 0.388 e. The van der Waals surface area contributed by atoms with E-state index in [2.05, 4.69) is 20.9 Å². The van der Waals surface area contributed by atoms with Gasteiger partial charge < -0.3 is 5.73 Å². The predicted octanol–water partition coefficient (Wildman–Crippen LogP) is 2.68. The van der Waals surface area contributed by atoms with E-state index in [9.17, 15) is 14.5 Å². The Morgan fingerprint density at radius 2 is 2.17 bits per heavy atom. The van der Waals surface area contributed by atoms with Gasteiger partial charge in [-0.25, -0.2) is 4.39 Å². The molecule has 2 rings (SSSR count). The number of hydrogen-bond donors (Lipinski definition) is 1. The van der Waals surface area contributed by atoms with Gasteiger partial charge in [0.2, 0.25) is 0 Å². The van der Waals surface area contributed by atoms with E-state index >= 15 is 0 Å². The first kappa shape index (κ1) is 12.8. The van der Waals surface area contributed by atoms with Crippen molar-refractivity contribution in [3.05, 3.63) is 44.4 Å². The molecule has 0 spiro atoms. The normalized spacial score (nSPS) is 10.6. The molecule has 1 aromatic heterocycles. The number of rotatable bonds is 2. The van der Waals surface area contributed by atoms with Crippen molar-refractivity contribution < 1.29 is 9.31 Å². The van der Waals surface area contributed by atoms with Crippen molar-refractivity contribution in [3.63, 3.8) is 0 Å². The molecule has 8 heteroatoms. The Morgan fingerprint density at radius 1 is 1.50 bits per heavy atom. The molecule has 1 aromatic carbocycles. The van der Waals surface area contributed by atoms with Crippen molar-refractivity contribution >= 4 is 49.6 Å². The fraction of sp³-hybridized carbons (Fsp3) is 0. The van der Waals surface area contributed by atoms with Crippen LogP contribution in [0.15, 0.2) is 22.8 Å². The Hall–Kier alpha value is -1.67. The molecule has 0 saturated carbocycles. The van der Waals surface area contributed by atoms with Gasteiger partial charge in [-0.05, 0) is 22.0 Å². The Bertz CT molecular complexity index is 633. The average Bonchev–Trinajstić information content (AvgIpc) is 2.29. The van der Waals surface area contributed by atoms with E-state index in [4.69, 9.17) is 18.0 Å². The summed E-state index contributed by atoms with van der Waals surface area (Å²) in [5, 5.41) is 11.0. The lowest BCUT2D eigenvalue weighted by atomic mass is 10.1. The van der Waals surface area contributed by atoms with Crippen LogP contribution in [0.25, 0.3) is 10.8 Å². The van der Waals surface area contributed by atoms with Gasteiger partial charge in [0.1, 0.15) is 16.5 Å². The lowest BCUT2D eigenvalue weighted by Gasteiger charge is -2.07. The molecule has 5 nitrogen and oxygen atoms in total. The second-order valence-corrected chi connectivity index (χ2v) is 4.69. The zero-order chi connectivity index (χ0) is 13.4. The van der Waals surface area contributed by atoms with Gasteiger partial charge in [0.25, 0.3) is 5.69 Å². The number of aromatic nitrogens is 1. The summed E-state index contributed by atoms with van der Waals surface area (Å²) >= 11 is 7.88. The van der Waals surface area contributed by atoms with Crippen LogP contribution in [0.5, 0.6) is 0 Å². The first-order chi connectivity index (χ1) is 8.43. The molecule has 1 heterocycles. The molecule has 0 radical (unpaired) electrons. The Morgan fingerprint density at radius 3 is 2.72 bits per heavy atom. The highest BCUT2D eigenvalue weighted by Gasteiger charge is 2.21. The zero-order valence-electron chi connectivity index (χ0n) is 8.68. The van der Waals surface area contributed by atoms with Crippen LogP contribution in [-0.4, -0.2) is 14.9 Å². The summed E-state index contributed by atoms with van der Waals surface area (Å²) in [5.74, 6) is -0.660. The first-order valence-corrected chi connectivity index (χ1v) is 5.84. The minimum atomic E-state index is -0.660. The van der Waals surface area contributed by atoms with Crippen molar-refractivity contribution in [2.75, 3.05) is 0 Å². The lowest BCUT2D eigenvalue weighted by Crippen LogP contribution is -2.13. The summed E-state index contributed by atoms with van der Waals surface area (Å²) in [7, 11) is 0. The average molecular weight is 330 g/mol. The fourth-order valence-corrected chi connectivity index (χ4v) is 2.29. The molecule has 0 aliphatic rings. The molecule has 0 aliphatic heterocycles. The summed E-state index contributed by atoms with van der Waals surface area (Å²) in [6.45, 7) is 0. The minimum absolute atomic E-state index is 0.0319. The highest BCUT2D eigenvalue weighted by Crippen LogP contribution is 2.34. The van der Waals surface area contributed by atoms with E-state index in [1.165, 1.54) is 6.20 Å². The SMILES string of the molecule is NC(=S)c1ncc(Br)c2c([N+](=O)[O-])ccc(F)c12. The Labute approximate surface area is 114 Å². The van der Waals surface area contributed by atoms with Crippen LogP contribution in [0.4, 0.5) is 10.1 Å². The van der Waals surface area contributed by atoms with Gasteiger partial charge in [-0.2, -0.15) is 0 Å². The molecular formula is C10H5BrFN3O2S. The van der Waals surface area contributed by atoms with Crippen molar-refractivity contribution in [1.82, 2.24) is 4.98 Å². The van der Waals surface area contributed by atoms with Crippen LogP contribution in [0.1, 0.15) is 5.69 Å². The zero-order valence-corrected chi connectivity index (χ0v) is 11.1. The molecular weight excluding hydrogens is 325 g/mol. The number of hydrogen-bond acceptors (Lipinski definition) is 4. The second kappa shape index (κ2) is 4.54. The first-order valence-electron chi connectivity index (χ1n) is 4.64. The van der Waals surface area contributed by atoms with E-state index < -0.39 is 10.7 Å². The molecule has 2 N–H and O–H groups in total. The molecule has 0 aliphatic carbocycles. The summed E-state index contributed by atoms with van der Waals surface area (Å²) in [5.41, 5.74) is 5.24. The van der Waals surface area contributed by atoms with Crippen molar-refractivity contribution in [2.45, 2.75) is 0 Å². The summed E-state index contributed by atoms with van der Waals surface area (Å²) in [6.07, 6.45) is 1.31. The predicted molar refractivity (Wildman–Crippen MR) is 71.9 cm³/mol. The minimum Gasteiger partial charge on any atom is -0.388 e. The Kier molecular flexibility index (Phi) is 3.22. The van der Waals surface area contributed by atoms with Crippen LogP contribution in [0.2, 0.25) is 0 Å². The van der Waals surface area contributed by atoms with Gasteiger partial charge in [-0.3, -0.25) is 15.1 Å². The smallest absolute Gasteiger partial charge is 0.278 e. The number of benzene rings is 1. The third-order valence-corrected chi connectivity index (χ3v) is 3.14. The number of halogens is 2. The van der Waals surface area contributed by atoms with Crippen molar-refractivity contribution in [2.24, 2.45) is 5.73 Å². The molecule has 0 bridgehead atoms. The quantitative estimate of drug-likeness (QED) is 0.520. The number of nitro groups is 1. The summed E-state index contributed by atoms with van der Waals surface area (Å²) in [6, 6.07) is 2.09. The van der Waals surface area contributed by atoms with Crippen LogP contribution < -0.4 is 5.73 Å². The number of nitro benzene ring substituents is 1. The van der Waals surface area contributed by atoms with Gasteiger partial charge in [0.05, 0.1) is 20.2 Å². The van der Waals surface area contributed by atoms with Gasteiger partial charge in [0, 0.05) is 12.3 Å². The standard InChI is InChI=1S/C10H5BrFN3O2S/c11-4-3-14-9(10(13)18)8-5(12)1-2-6(7(4)8)15(16)17/h1-3H,(H2,13,18). The molecule has 2 aromatic rings. The van der Waals surface area contributed by atoms with E-state index in [0.29, 0.717) is 4.47 Å². The summed E-state index contributed by atoms with van der Waals surface area (Å²) < 4.78 is 14.1. The maximum atomic E-state index is 13.8. The van der Waals surface area contributed by atoms with Gasteiger partial charge in [0.15, 0.2) is 0 Å². The topological polar surface area (TPSA) is 82.0 Å². The molecule has 92 valence electrons. The monoisotopic (exact) mass is 329 g/mol. The van der Waals surface area contributed by atoms with E-state index in [1.54, 1.807) is 0 Å².